The van der Waals surface area contributed by atoms with Crippen LogP contribution in [-0.2, 0) is 24.8 Å². The van der Waals surface area contributed by atoms with Gasteiger partial charge >= 0.3 is 5.97 Å². The van der Waals surface area contributed by atoms with Gasteiger partial charge in [0.25, 0.3) is 0 Å². The Labute approximate surface area is 295 Å². The van der Waals surface area contributed by atoms with Gasteiger partial charge in [0.1, 0.15) is 5.78 Å². The molecule has 2 aromatic rings. The molecule has 1 fully saturated rings. The molecule has 0 bridgehead atoms. The van der Waals surface area contributed by atoms with Crippen molar-refractivity contribution in [2.45, 2.75) is 161 Å². The van der Waals surface area contributed by atoms with E-state index < -0.39 is 16.6 Å². The zero-order valence-corrected chi connectivity index (χ0v) is 34.3. The van der Waals surface area contributed by atoms with Crippen molar-refractivity contribution >= 4 is 28.4 Å². The van der Waals surface area contributed by atoms with Gasteiger partial charge in [0, 0.05) is 18.3 Å². The maximum absolute atomic E-state index is 13.8. The predicted octanol–water partition coefficient (Wildman–Crippen LogP) is 11.6. The first-order valence-electron chi connectivity index (χ1n) is 18.6. The molecule has 2 unspecified atom stereocenters. The van der Waals surface area contributed by atoms with Crippen LogP contribution < -0.4 is 0 Å². The molecule has 4 atom stereocenters. The molecule has 0 saturated heterocycles. The number of ketones is 1. The summed E-state index contributed by atoms with van der Waals surface area (Å²) >= 11 is 0. The number of unbranched alkanes of at least 4 members (excludes halogenated alkanes) is 2. The lowest BCUT2D eigenvalue weighted by molar-refractivity contribution is -0.121. The van der Waals surface area contributed by atoms with Crippen molar-refractivity contribution in [3.63, 3.8) is 0 Å². The Morgan fingerprint density at radius 3 is 2.10 bits per heavy atom. The minimum atomic E-state index is -2.12. The lowest BCUT2D eigenvalue weighted by Crippen LogP contribution is -2.44. The summed E-state index contributed by atoms with van der Waals surface area (Å²) in [6.45, 7) is 27.4. The van der Waals surface area contributed by atoms with Gasteiger partial charge in [-0.1, -0.05) is 104 Å². The number of benzene rings is 2. The van der Waals surface area contributed by atoms with Gasteiger partial charge in [-0.05, 0) is 97.7 Å². The average Bonchev–Trinajstić information content (AvgIpc) is 3.29. The summed E-state index contributed by atoms with van der Waals surface area (Å²) in [6.07, 6.45) is 7.47. The van der Waals surface area contributed by atoms with Gasteiger partial charge in [-0.2, -0.15) is 0 Å². The Hall–Kier alpha value is -2.07. The molecular formula is C41H66O5Si2. The smallest absolute Gasteiger partial charge is 0.338 e. The third-order valence-electron chi connectivity index (χ3n) is 11.3. The lowest BCUT2D eigenvalue weighted by Gasteiger charge is -2.40. The summed E-state index contributed by atoms with van der Waals surface area (Å²) in [5, 5.41) is 0.196. The van der Waals surface area contributed by atoms with Crippen molar-refractivity contribution in [3.8, 4) is 0 Å². The Kier molecular flexibility index (Phi) is 14.1. The predicted molar refractivity (Wildman–Crippen MR) is 205 cm³/mol. The van der Waals surface area contributed by atoms with Gasteiger partial charge in [0.2, 0.25) is 0 Å². The molecule has 0 aromatic heterocycles. The highest BCUT2D eigenvalue weighted by atomic mass is 28.4. The third-order valence-corrected chi connectivity index (χ3v) is 20.3. The molecule has 1 saturated carbocycles. The monoisotopic (exact) mass is 694 g/mol. The van der Waals surface area contributed by atoms with Crippen LogP contribution in [0.5, 0.6) is 0 Å². The van der Waals surface area contributed by atoms with E-state index in [0.717, 1.165) is 37.7 Å². The molecule has 0 aliphatic heterocycles. The molecule has 5 nitrogen and oxygen atoms in total. The number of carbonyl (C=O) groups is 2. The number of esters is 1. The number of rotatable bonds is 16. The summed E-state index contributed by atoms with van der Waals surface area (Å²) in [5.74, 6) is -0.0531. The third kappa shape index (κ3) is 10.5. The molecule has 0 heterocycles. The standard InChI is InChI=1S/C41H66O5Si2/c1-13-15-16-23-36(45-47(9,10)40(3,4)5)31-24-26-32(27-25-31)38-34(35(42)29-37(38)46-48(11,12)41(6,7)8)22-18-20-30-19-17-21-33(28-30)39(43)44-14-2/h17,19,21,24-28,34,36-38H,13-16,18,20,22-23,29H2,1-12H3/t34?,36?,37-,38+/m0/s1. The van der Waals surface area contributed by atoms with E-state index >= 15 is 0 Å². The first-order chi connectivity index (χ1) is 22.3. The summed E-state index contributed by atoms with van der Waals surface area (Å²) in [6, 6.07) is 16.8. The zero-order chi connectivity index (χ0) is 35.9. The minimum absolute atomic E-state index is 0.0198. The van der Waals surface area contributed by atoms with E-state index in [2.05, 4.69) is 105 Å². The summed E-state index contributed by atoms with van der Waals surface area (Å²) < 4.78 is 19.3. The van der Waals surface area contributed by atoms with Crippen molar-refractivity contribution in [3.05, 3.63) is 70.8 Å². The Bertz CT molecular complexity index is 1340. The molecule has 1 aliphatic rings. The first-order valence-corrected chi connectivity index (χ1v) is 24.4. The minimum Gasteiger partial charge on any atom is -0.462 e. The lowest BCUT2D eigenvalue weighted by atomic mass is 9.83. The van der Waals surface area contributed by atoms with Crippen LogP contribution in [0, 0.1) is 5.92 Å². The molecule has 0 spiro atoms. The highest BCUT2D eigenvalue weighted by Crippen LogP contribution is 2.47. The van der Waals surface area contributed by atoms with Crippen LogP contribution in [-0.4, -0.2) is 41.1 Å². The van der Waals surface area contributed by atoms with E-state index in [1.807, 2.05) is 19.1 Å². The zero-order valence-electron chi connectivity index (χ0n) is 32.3. The van der Waals surface area contributed by atoms with E-state index in [9.17, 15) is 9.59 Å². The van der Waals surface area contributed by atoms with Gasteiger partial charge in [0.15, 0.2) is 16.6 Å². The van der Waals surface area contributed by atoms with Crippen LogP contribution in [0.1, 0.15) is 139 Å². The van der Waals surface area contributed by atoms with Crippen molar-refractivity contribution in [1.82, 2.24) is 0 Å². The molecule has 1 aliphatic carbocycles. The first kappa shape index (κ1) is 40.4. The van der Waals surface area contributed by atoms with Gasteiger partial charge in [-0.3, -0.25) is 4.79 Å². The highest BCUT2D eigenvalue weighted by Gasteiger charge is 2.48. The van der Waals surface area contributed by atoms with Crippen molar-refractivity contribution < 1.29 is 23.2 Å². The normalized spacial score (nSPS) is 19.8. The van der Waals surface area contributed by atoms with Crippen LogP contribution >= 0.6 is 0 Å². The largest absolute Gasteiger partial charge is 0.462 e. The van der Waals surface area contributed by atoms with Crippen LogP contribution in [0.15, 0.2) is 48.5 Å². The second-order valence-electron chi connectivity index (χ2n) is 17.1. The Balaban J connectivity index is 1.90. The van der Waals surface area contributed by atoms with Crippen molar-refractivity contribution in [1.29, 1.82) is 0 Å². The quantitative estimate of drug-likeness (QED) is 0.0994. The molecule has 0 radical (unpaired) electrons. The van der Waals surface area contributed by atoms with Gasteiger partial charge in [0.05, 0.1) is 24.4 Å². The van der Waals surface area contributed by atoms with E-state index in [4.69, 9.17) is 13.6 Å². The van der Waals surface area contributed by atoms with Crippen molar-refractivity contribution in [2.75, 3.05) is 6.61 Å². The summed E-state index contributed by atoms with van der Waals surface area (Å²) in [4.78, 5) is 26.1. The van der Waals surface area contributed by atoms with Gasteiger partial charge in [-0.25, -0.2) is 4.79 Å². The fourth-order valence-electron chi connectivity index (χ4n) is 6.33. The highest BCUT2D eigenvalue weighted by molar-refractivity contribution is 6.74. The van der Waals surface area contributed by atoms with E-state index in [1.165, 1.54) is 24.0 Å². The van der Waals surface area contributed by atoms with Gasteiger partial charge < -0.3 is 13.6 Å². The maximum atomic E-state index is 13.8. The fourth-order valence-corrected chi connectivity index (χ4v) is 8.99. The molecular weight excluding hydrogens is 629 g/mol. The van der Waals surface area contributed by atoms with E-state index in [1.54, 1.807) is 6.07 Å². The van der Waals surface area contributed by atoms with Crippen LogP contribution in [0.2, 0.25) is 36.3 Å². The SMILES string of the molecule is CCCCCC(O[Si](C)(C)C(C)(C)C)c1ccc([C@@H]2C(CCCc3cccc(C(=O)OCC)c3)C(=O)C[C@@H]2O[Si](C)(C)C(C)(C)C)cc1. The molecule has 268 valence electrons. The molecule has 0 amide bonds. The average molecular weight is 695 g/mol. The van der Waals surface area contributed by atoms with Crippen LogP contribution in [0.3, 0.4) is 0 Å². The second kappa shape index (κ2) is 16.8. The topological polar surface area (TPSA) is 61.8 Å². The van der Waals surface area contributed by atoms with Gasteiger partial charge in [-0.15, -0.1) is 0 Å². The molecule has 0 N–H and O–H groups in total. The van der Waals surface area contributed by atoms with E-state index in [0.29, 0.717) is 24.4 Å². The fraction of sp³-hybridized carbons (Fsp3) is 0.659. The second-order valence-corrected chi connectivity index (χ2v) is 26.6. The molecule has 3 rings (SSSR count). The number of Topliss-reactive ketones (excluding diaryl/α,β-unsaturated/α-hetero) is 1. The van der Waals surface area contributed by atoms with Crippen molar-refractivity contribution in [2.24, 2.45) is 5.92 Å². The molecule has 2 aromatic carbocycles. The number of carbonyl (C=O) groups excluding carboxylic acids is 2. The summed E-state index contributed by atoms with van der Waals surface area (Å²) in [7, 11) is -4.08. The number of ether oxygens (including phenoxy) is 1. The van der Waals surface area contributed by atoms with Crippen LogP contribution in [0.4, 0.5) is 0 Å². The number of aryl methyl sites for hydroxylation is 1. The number of hydrogen-bond donors (Lipinski definition) is 0. The number of hydrogen-bond acceptors (Lipinski definition) is 5. The summed E-state index contributed by atoms with van der Waals surface area (Å²) in [5.41, 5.74) is 4.11. The molecule has 48 heavy (non-hydrogen) atoms. The van der Waals surface area contributed by atoms with E-state index in [-0.39, 0.29) is 40.1 Å². The molecule has 7 heteroatoms. The Morgan fingerprint density at radius 2 is 1.52 bits per heavy atom. The Morgan fingerprint density at radius 1 is 0.875 bits per heavy atom. The maximum Gasteiger partial charge on any atom is 0.338 e. The van der Waals surface area contributed by atoms with Crippen LogP contribution in [0.25, 0.3) is 0 Å².